The summed E-state index contributed by atoms with van der Waals surface area (Å²) in [6.07, 6.45) is 9.29. The minimum absolute atomic E-state index is 0.0925. The minimum Gasteiger partial charge on any atom is -0.507 e. The zero-order chi connectivity index (χ0) is 30.8. The Labute approximate surface area is 244 Å². The topological polar surface area (TPSA) is 171 Å². The van der Waals surface area contributed by atoms with E-state index in [1.165, 1.54) is 0 Å². The first-order valence-electron chi connectivity index (χ1n) is 13.9. The molecule has 10 nitrogen and oxygen atoms in total. The average Bonchev–Trinajstić information content (AvgIpc) is 3.46. The summed E-state index contributed by atoms with van der Waals surface area (Å²) in [5, 5.41) is 34.2. The molecule has 4 N–H and O–H groups in total. The highest BCUT2D eigenvalue weighted by Crippen LogP contribution is 2.57. The van der Waals surface area contributed by atoms with Gasteiger partial charge in [0.25, 0.3) is 5.56 Å². The summed E-state index contributed by atoms with van der Waals surface area (Å²) in [5.74, 6) is -6.38. The van der Waals surface area contributed by atoms with Gasteiger partial charge in [-0.2, -0.15) is 0 Å². The summed E-state index contributed by atoms with van der Waals surface area (Å²) >= 11 is 0. The Morgan fingerprint density at radius 1 is 0.930 bits per heavy atom. The molecule has 1 heterocycles. The number of ether oxygens (including phenoxy) is 1. The number of unbranched alkanes of at least 4 members (excludes halogenated alkanes) is 1. The number of H-pyrrole nitrogens is 1. The first kappa shape index (κ1) is 27.9. The highest BCUT2D eigenvalue weighted by atomic mass is 16.5. The lowest BCUT2D eigenvalue weighted by atomic mass is 9.76. The normalized spacial score (nSPS) is 19.2. The molecule has 3 aliphatic carbocycles. The van der Waals surface area contributed by atoms with Crippen LogP contribution < -0.4 is 5.56 Å². The van der Waals surface area contributed by atoms with E-state index in [0.717, 1.165) is 12.5 Å². The fourth-order valence-corrected chi connectivity index (χ4v) is 6.40. The van der Waals surface area contributed by atoms with E-state index in [1.54, 1.807) is 30.4 Å². The maximum absolute atomic E-state index is 14.2. The van der Waals surface area contributed by atoms with E-state index in [9.17, 15) is 39.3 Å². The molecule has 3 aliphatic rings. The highest BCUT2D eigenvalue weighted by molar-refractivity contribution is 6.38. The van der Waals surface area contributed by atoms with Gasteiger partial charge >= 0.3 is 0 Å². The van der Waals surface area contributed by atoms with E-state index in [0.29, 0.717) is 23.1 Å². The molecule has 1 spiro atoms. The zero-order valence-corrected chi connectivity index (χ0v) is 23.4. The second-order valence-corrected chi connectivity index (χ2v) is 10.8. The average molecular weight is 582 g/mol. The second-order valence-electron chi connectivity index (χ2n) is 10.8. The van der Waals surface area contributed by atoms with Gasteiger partial charge < -0.3 is 25.0 Å². The van der Waals surface area contributed by atoms with Crippen LogP contribution in [0.1, 0.15) is 91.4 Å². The molecular formula is C33H27NO9. The Morgan fingerprint density at radius 2 is 1.63 bits per heavy atom. The fraction of sp³-hybridized carbons (Fsp3) is 0.242. The number of phenols is 3. The molecule has 0 fully saturated rings. The van der Waals surface area contributed by atoms with E-state index in [-0.39, 0.29) is 36.2 Å². The Hall–Kier alpha value is -5.25. The second kappa shape index (κ2) is 9.94. The van der Waals surface area contributed by atoms with E-state index < -0.39 is 73.6 Å². The number of aryl methyl sites for hydroxylation is 1. The number of carbonyl (C=O) groups is 4. The molecule has 1 atom stereocenters. The van der Waals surface area contributed by atoms with Gasteiger partial charge in [0.05, 0.1) is 34.2 Å². The molecule has 0 radical (unpaired) electrons. The molecule has 0 saturated heterocycles. The number of hydrogen-bond acceptors (Lipinski definition) is 9. The third-order valence-corrected chi connectivity index (χ3v) is 8.38. The van der Waals surface area contributed by atoms with Crippen LogP contribution in [0, 0.1) is 0 Å². The number of pyridine rings is 1. The van der Waals surface area contributed by atoms with Crippen molar-refractivity contribution in [2.45, 2.75) is 44.9 Å². The minimum atomic E-state index is -2.08. The molecule has 0 saturated carbocycles. The number of aromatic hydroxyl groups is 3. The third kappa shape index (κ3) is 3.75. The smallest absolute Gasteiger partial charge is 0.260 e. The van der Waals surface area contributed by atoms with Crippen LogP contribution >= 0.6 is 0 Å². The van der Waals surface area contributed by atoms with Crippen LogP contribution in [-0.2, 0) is 16.6 Å². The number of Topliss-reactive ketones (excluding diaryl/α,β-unsaturated/α-hetero) is 3. The molecule has 0 amide bonds. The number of ketones is 4. The molecule has 10 heteroatoms. The van der Waals surface area contributed by atoms with Gasteiger partial charge in [-0.1, -0.05) is 37.6 Å². The zero-order valence-electron chi connectivity index (χ0n) is 23.4. The molecule has 6 rings (SSSR count). The van der Waals surface area contributed by atoms with Gasteiger partial charge in [-0.05, 0) is 49.3 Å². The number of aromatic nitrogens is 1. The molecule has 0 unspecified atom stereocenters. The quantitative estimate of drug-likeness (QED) is 0.141. The summed E-state index contributed by atoms with van der Waals surface area (Å²) < 4.78 is 5.44. The monoisotopic (exact) mass is 581 g/mol. The van der Waals surface area contributed by atoms with Crippen LogP contribution in [0.3, 0.4) is 0 Å². The molecule has 0 aliphatic heterocycles. The van der Waals surface area contributed by atoms with Crippen LogP contribution in [0.4, 0.5) is 0 Å². The maximum atomic E-state index is 14.2. The van der Waals surface area contributed by atoms with Crippen LogP contribution in [0.2, 0.25) is 0 Å². The number of hydrogen-bond donors (Lipinski definition) is 4. The Morgan fingerprint density at radius 3 is 2.30 bits per heavy atom. The summed E-state index contributed by atoms with van der Waals surface area (Å²) in [4.78, 5) is 70.4. The van der Waals surface area contributed by atoms with Crippen molar-refractivity contribution in [2.75, 3.05) is 6.61 Å². The first-order valence-corrected chi connectivity index (χ1v) is 13.9. The van der Waals surface area contributed by atoms with Crippen LogP contribution in [0.25, 0.3) is 16.8 Å². The third-order valence-electron chi connectivity index (χ3n) is 8.38. The Kier molecular flexibility index (Phi) is 6.45. The molecule has 2 aromatic carbocycles. The summed E-state index contributed by atoms with van der Waals surface area (Å²) in [5.41, 5.74) is -4.32. The lowest BCUT2D eigenvalue weighted by molar-refractivity contribution is 0.0790. The van der Waals surface area contributed by atoms with Crippen molar-refractivity contribution in [3.05, 3.63) is 91.6 Å². The van der Waals surface area contributed by atoms with Gasteiger partial charge in [-0.3, -0.25) is 24.0 Å². The van der Waals surface area contributed by atoms with Crippen molar-refractivity contribution in [3.8, 4) is 17.2 Å². The number of carbonyl (C=O) groups excluding carboxylic acids is 4. The molecule has 3 aromatic rings. The van der Waals surface area contributed by atoms with Gasteiger partial charge in [0.1, 0.15) is 22.7 Å². The summed E-state index contributed by atoms with van der Waals surface area (Å²) in [7, 11) is 0. The number of nitrogens with one attached hydrogen (secondary N) is 1. The lowest BCUT2D eigenvalue weighted by Crippen LogP contribution is -2.36. The van der Waals surface area contributed by atoms with Crippen LogP contribution in [0.5, 0.6) is 17.2 Å². The molecular weight excluding hydrogens is 554 g/mol. The fourth-order valence-electron chi connectivity index (χ4n) is 6.40. The number of fused-ring (bicyclic) bond motifs is 5. The number of phenolic OH excluding ortho intramolecular Hbond substituents is 3. The van der Waals surface area contributed by atoms with Crippen LogP contribution in [-0.4, -0.2) is 50.0 Å². The van der Waals surface area contributed by atoms with Gasteiger partial charge in [0.15, 0.2) is 23.1 Å². The predicted octanol–water partition coefficient (Wildman–Crippen LogP) is 4.58. The van der Waals surface area contributed by atoms with E-state index in [1.807, 2.05) is 19.9 Å². The molecule has 43 heavy (non-hydrogen) atoms. The maximum Gasteiger partial charge on any atom is 0.260 e. The van der Waals surface area contributed by atoms with Gasteiger partial charge in [0.2, 0.25) is 5.78 Å². The van der Waals surface area contributed by atoms with E-state index >= 15 is 0 Å². The Bertz CT molecular complexity index is 1970. The standard InChI is InChI=1S/C33H27NO9/c1-3-5-7-8-17-13-16-12-15-9-10-33(25(15)29(39)20(16)32(42)34-17)30(40)23-24(31(33)41)28(38)22-21(27(23)37)18(35)14-19(26(22)36)43-11-6-4-2/h3,5,7-8,12-14,37-39H,4,6,9-11H2,1-2H3,(H,34,42)/b5-3+,8-7+/t33-/m0/s1. The summed E-state index contributed by atoms with van der Waals surface area (Å²) in [6, 6.07) is 3.29. The van der Waals surface area contributed by atoms with Crippen molar-refractivity contribution >= 4 is 40.0 Å². The predicted molar refractivity (Wildman–Crippen MR) is 156 cm³/mol. The highest BCUT2D eigenvalue weighted by Gasteiger charge is 2.61. The number of benzene rings is 2. The molecule has 1 aromatic heterocycles. The molecule has 218 valence electrons. The number of aromatic amines is 1. The van der Waals surface area contributed by atoms with Crippen molar-refractivity contribution in [1.29, 1.82) is 0 Å². The molecule has 0 bridgehead atoms. The van der Waals surface area contributed by atoms with Crippen molar-refractivity contribution in [2.24, 2.45) is 0 Å². The van der Waals surface area contributed by atoms with Gasteiger partial charge in [-0.25, -0.2) is 0 Å². The lowest BCUT2D eigenvalue weighted by Gasteiger charge is -2.22. The van der Waals surface area contributed by atoms with Crippen LogP contribution in [0.15, 0.2) is 47.0 Å². The largest absolute Gasteiger partial charge is 0.507 e. The Balaban J connectivity index is 1.52. The SMILES string of the molecule is C/C=C/C=C/c1cc2cc3c(c(O)c2c(=O)[nH]1)[C@@]1(CC3)C(=O)c2c(O)c3c(c(O)c2C1=O)C(=O)C(OCCCC)=CC3=O. The number of rotatable bonds is 6. The van der Waals surface area contributed by atoms with E-state index in [4.69, 9.17) is 4.74 Å². The first-order chi connectivity index (χ1) is 20.6. The summed E-state index contributed by atoms with van der Waals surface area (Å²) in [6.45, 7) is 3.88. The van der Waals surface area contributed by atoms with Crippen molar-refractivity contribution in [3.63, 3.8) is 0 Å². The van der Waals surface area contributed by atoms with Gasteiger partial charge in [0, 0.05) is 17.3 Å². The van der Waals surface area contributed by atoms with E-state index in [2.05, 4.69) is 4.98 Å². The number of allylic oxidation sites excluding steroid dienone is 5. The van der Waals surface area contributed by atoms with Crippen molar-refractivity contribution in [1.82, 2.24) is 4.98 Å². The van der Waals surface area contributed by atoms with Crippen molar-refractivity contribution < 1.29 is 39.2 Å². The van der Waals surface area contributed by atoms with Gasteiger partial charge in [-0.15, -0.1) is 0 Å².